The Morgan fingerprint density at radius 2 is 1.67 bits per heavy atom. The Bertz CT molecular complexity index is 1090. The quantitative estimate of drug-likeness (QED) is 0.508. The van der Waals surface area contributed by atoms with E-state index in [1.54, 1.807) is 24.3 Å². The van der Waals surface area contributed by atoms with Gasteiger partial charge in [-0.15, -0.1) is 0 Å². The Labute approximate surface area is 175 Å². The molecule has 30 heavy (non-hydrogen) atoms. The molecule has 0 radical (unpaired) electrons. The minimum atomic E-state index is -0.246. The van der Waals surface area contributed by atoms with Crippen LogP contribution in [-0.2, 0) is 6.54 Å². The molecule has 6 heteroatoms. The molecule has 150 valence electrons. The number of hydrogen-bond acceptors (Lipinski definition) is 4. The van der Waals surface area contributed by atoms with Crippen LogP contribution >= 0.6 is 0 Å². The summed E-state index contributed by atoms with van der Waals surface area (Å²) in [6.07, 6.45) is 3.25. The van der Waals surface area contributed by atoms with Gasteiger partial charge in [0.1, 0.15) is 5.75 Å². The molecule has 1 aromatic heterocycles. The van der Waals surface area contributed by atoms with Crippen molar-refractivity contribution in [2.45, 2.75) is 12.6 Å². The number of ether oxygens (including phenoxy) is 1. The second-order valence-corrected chi connectivity index (χ2v) is 6.83. The number of carbonyl (C=O) groups is 1. The largest absolute Gasteiger partial charge is 0.497 e. The van der Waals surface area contributed by atoms with E-state index in [1.165, 1.54) is 0 Å². The van der Waals surface area contributed by atoms with Gasteiger partial charge in [0, 0.05) is 5.56 Å². The number of amides is 1. The summed E-state index contributed by atoms with van der Waals surface area (Å²) >= 11 is 0. The highest BCUT2D eigenvalue weighted by Crippen LogP contribution is 2.24. The molecule has 0 aliphatic rings. The third-order valence-electron chi connectivity index (χ3n) is 4.87. The second-order valence-electron chi connectivity index (χ2n) is 6.83. The SMILES string of the molecule is COc1cccc(-c2ccc(C(=O)N[C@H](Cn3nccn3)c3ccccc3)cc2)c1. The topological polar surface area (TPSA) is 69.0 Å². The van der Waals surface area contributed by atoms with Gasteiger partial charge in [0.2, 0.25) is 0 Å². The Kier molecular flexibility index (Phi) is 5.85. The molecule has 1 amide bonds. The van der Waals surface area contributed by atoms with Gasteiger partial charge in [0.25, 0.3) is 5.91 Å². The highest BCUT2D eigenvalue weighted by atomic mass is 16.5. The molecule has 4 aromatic rings. The van der Waals surface area contributed by atoms with Crippen LogP contribution in [-0.4, -0.2) is 28.0 Å². The number of aromatic nitrogens is 3. The number of nitrogens with one attached hydrogen (secondary N) is 1. The minimum absolute atomic E-state index is 0.145. The summed E-state index contributed by atoms with van der Waals surface area (Å²) in [5.74, 6) is 0.653. The highest BCUT2D eigenvalue weighted by Gasteiger charge is 2.17. The fraction of sp³-hybridized carbons (Fsp3) is 0.125. The lowest BCUT2D eigenvalue weighted by molar-refractivity contribution is 0.0931. The molecule has 3 aromatic carbocycles. The van der Waals surface area contributed by atoms with Gasteiger partial charge in [-0.05, 0) is 41.0 Å². The average molecular weight is 398 g/mol. The van der Waals surface area contributed by atoms with Gasteiger partial charge in [0.15, 0.2) is 0 Å². The Hall–Kier alpha value is -3.93. The Morgan fingerprint density at radius 3 is 2.37 bits per heavy atom. The van der Waals surface area contributed by atoms with E-state index in [1.807, 2.05) is 78.9 Å². The standard InChI is InChI=1S/C24H22N4O2/c1-30-22-9-5-8-21(16-22)18-10-12-20(13-11-18)24(29)27-23(17-28-25-14-15-26-28)19-6-3-2-4-7-19/h2-16,23H,17H2,1H3,(H,27,29)/t23-/m1/s1. The van der Waals surface area contributed by atoms with E-state index in [0.717, 1.165) is 22.4 Å². The molecule has 0 bridgehead atoms. The van der Waals surface area contributed by atoms with Gasteiger partial charge in [-0.1, -0.05) is 54.6 Å². The van der Waals surface area contributed by atoms with Gasteiger partial charge in [-0.25, -0.2) is 0 Å². The van der Waals surface area contributed by atoms with Crippen LogP contribution in [0.15, 0.2) is 91.3 Å². The van der Waals surface area contributed by atoms with Gasteiger partial charge in [0.05, 0.1) is 32.1 Å². The van der Waals surface area contributed by atoms with E-state index in [2.05, 4.69) is 15.5 Å². The minimum Gasteiger partial charge on any atom is -0.497 e. The first-order chi connectivity index (χ1) is 14.7. The maximum absolute atomic E-state index is 12.9. The van der Waals surface area contributed by atoms with E-state index < -0.39 is 0 Å². The molecule has 0 aliphatic carbocycles. The zero-order valence-electron chi connectivity index (χ0n) is 16.6. The maximum atomic E-state index is 12.9. The predicted octanol–water partition coefficient (Wildman–Crippen LogP) is 4.13. The molecule has 1 N–H and O–H groups in total. The number of nitrogens with zero attached hydrogens (tertiary/aromatic N) is 3. The van der Waals surface area contributed by atoms with Crippen LogP contribution in [0, 0.1) is 0 Å². The molecule has 0 saturated carbocycles. The third-order valence-corrected chi connectivity index (χ3v) is 4.87. The van der Waals surface area contributed by atoms with Crippen molar-refractivity contribution in [2.75, 3.05) is 7.11 Å². The molecular formula is C24H22N4O2. The summed E-state index contributed by atoms with van der Waals surface area (Å²) in [6, 6.07) is 25.0. The zero-order chi connectivity index (χ0) is 20.8. The first-order valence-electron chi connectivity index (χ1n) is 9.67. The van der Waals surface area contributed by atoms with Gasteiger partial charge >= 0.3 is 0 Å². The van der Waals surface area contributed by atoms with Crippen molar-refractivity contribution in [2.24, 2.45) is 0 Å². The second kappa shape index (κ2) is 9.05. The van der Waals surface area contributed by atoms with Crippen molar-refractivity contribution >= 4 is 5.91 Å². The van der Waals surface area contributed by atoms with E-state index in [-0.39, 0.29) is 11.9 Å². The van der Waals surface area contributed by atoms with Crippen LogP contribution in [0.2, 0.25) is 0 Å². The van der Waals surface area contributed by atoms with Crippen LogP contribution < -0.4 is 10.1 Å². The number of methoxy groups -OCH3 is 1. The first kappa shape index (κ1) is 19.4. The maximum Gasteiger partial charge on any atom is 0.251 e. The van der Waals surface area contributed by atoms with Crippen molar-refractivity contribution in [3.05, 3.63) is 102 Å². The Balaban J connectivity index is 1.52. The van der Waals surface area contributed by atoms with E-state index in [4.69, 9.17) is 4.74 Å². The van der Waals surface area contributed by atoms with Crippen LogP contribution in [0.1, 0.15) is 22.0 Å². The van der Waals surface area contributed by atoms with Gasteiger partial charge in [-0.2, -0.15) is 15.0 Å². The zero-order valence-corrected chi connectivity index (χ0v) is 16.6. The van der Waals surface area contributed by atoms with Crippen LogP contribution in [0.5, 0.6) is 5.75 Å². The molecule has 0 unspecified atom stereocenters. The first-order valence-corrected chi connectivity index (χ1v) is 9.67. The molecule has 4 rings (SSSR count). The highest BCUT2D eigenvalue weighted by molar-refractivity contribution is 5.95. The summed E-state index contributed by atoms with van der Waals surface area (Å²) in [5.41, 5.74) is 3.64. The van der Waals surface area contributed by atoms with Crippen molar-refractivity contribution in [3.63, 3.8) is 0 Å². The fourth-order valence-corrected chi connectivity index (χ4v) is 3.28. The summed E-state index contributed by atoms with van der Waals surface area (Å²) in [7, 11) is 1.65. The number of rotatable bonds is 7. The third kappa shape index (κ3) is 4.55. The van der Waals surface area contributed by atoms with E-state index in [9.17, 15) is 4.79 Å². The van der Waals surface area contributed by atoms with Crippen molar-refractivity contribution in [1.29, 1.82) is 0 Å². The lowest BCUT2D eigenvalue weighted by Gasteiger charge is -2.19. The van der Waals surface area contributed by atoms with Crippen molar-refractivity contribution in [3.8, 4) is 16.9 Å². The number of carbonyl (C=O) groups excluding carboxylic acids is 1. The smallest absolute Gasteiger partial charge is 0.251 e. The van der Waals surface area contributed by atoms with Gasteiger partial charge in [-0.3, -0.25) is 4.79 Å². The molecule has 1 atom stereocenters. The number of benzene rings is 3. The Morgan fingerprint density at radius 1 is 0.933 bits per heavy atom. The lowest BCUT2D eigenvalue weighted by atomic mass is 10.0. The summed E-state index contributed by atoms with van der Waals surface area (Å²) < 4.78 is 5.29. The summed E-state index contributed by atoms with van der Waals surface area (Å²) in [4.78, 5) is 14.5. The average Bonchev–Trinajstić information content (AvgIpc) is 3.32. The molecule has 1 heterocycles. The van der Waals surface area contributed by atoms with Crippen LogP contribution in [0.25, 0.3) is 11.1 Å². The van der Waals surface area contributed by atoms with E-state index >= 15 is 0 Å². The molecule has 0 saturated heterocycles. The van der Waals surface area contributed by atoms with Crippen LogP contribution in [0.4, 0.5) is 0 Å². The van der Waals surface area contributed by atoms with Crippen molar-refractivity contribution in [1.82, 2.24) is 20.3 Å². The molecular weight excluding hydrogens is 376 g/mol. The monoisotopic (exact) mass is 398 g/mol. The molecule has 0 aliphatic heterocycles. The van der Waals surface area contributed by atoms with Crippen molar-refractivity contribution < 1.29 is 9.53 Å². The molecule has 6 nitrogen and oxygen atoms in total. The molecule has 0 spiro atoms. The lowest BCUT2D eigenvalue weighted by Crippen LogP contribution is -2.32. The fourth-order valence-electron chi connectivity index (χ4n) is 3.28. The summed E-state index contributed by atoms with van der Waals surface area (Å²) in [6.45, 7) is 0.449. The van der Waals surface area contributed by atoms with Crippen LogP contribution in [0.3, 0.4) is 0 Å². The van der Waals surface area contributed by atoms with E-state index in [0.29, 0.717) is 12.1 Å². The summed E-state index contributed by atoms with van der Waals surface area (Å²) in [5, 5.41) is 11.4. The normalized spacial score (nSPS) is 11.6. The molecule has 0 fully saturated rings. The van der Waals surface area contributed by atoms with Gasteiger partial charge < -0.3 is 10.1 Å². The predicted molar refractivity (Wildman–Crippen MR) is 115 cm³/mol. The number of hydrogen-bond donors (Lipinski definition) is 1.